The van der Waals surface area contributed by atoms with E-state index in [1.54, 1.807) is 16.9 Å². The van der Waals surface area contributed by atoms with E-state index in [4.69, 9.17) is 0 Å². The Hall–Kier alpha value is -3.07. The van der Waals surface area contributed by atoms with E-state index in [9.17, 15) is 13.9 Å². The number of halogens is 2. The minimum absolute atomic E-state index is 0.0355. The molecule has 3 aromatic rings. The Labute approximate surface area is 190 Å². The third-order valence-corrected chi connectivity index (χ3v) is 7.21. The van der Waals surface area contributed by atoms with Crippen LogP contribution in [0.25, 0.3) is 16.9 Å². The van der Waals surface area contributed by atoms with Crippen LogP contribution in [0.3, 0.4) is 0 Å². The first-order chi connectivity index (χ1) is 16.0. The monoisotopic (exact) mass is 452 g/mol. The van der Waals surface area contributed by atoms with Crippen LogP contribution in [0.5, 0.6) is 5.75 Å². The van der Waals surface area contributed by atoms with E-state index < -0.39 is 12.0 Å². The van der Waals surface area contributed by atoms with Crippen molar-refractivity contribution in [1.29, 1.82) is 0 Å². The fourth-order valence-electron chi connectivity index (χ4n) is 5.62. The Bertz CT molecular complexity index is 1170. The van der Waals surface area contributed by atoms with Crippen LogP contribution >= 0.6 is 0 Å². The van der Waals surface area contributed by atoms with Crippen molar-refractivity contribution in [3.8, 4) is 22.7 Å². The summed E-state index contributed by atoms with van der Waals surface area (Å²) in [6.45, 7) is 0.806. The number of aryl methyl sites for hydroxylation is 1. The van der Waals surface area contributed by atoms with Gasteiger partial charge in [0.15, 0.2) is 5.82 Å². The van der Waals surface area contributed by atoms with E-state index in [1.807, 2.05) is 30.5 Å². The number of aromatic nitrogens is 4. The van der Waals surface area contributed by atoms with Crippen LogP contribution in [-0.2, 0) is 6.42 Å². The number of anilines is 1. The molecule has 2 aromatic heterocycles. The summed E-state index contributed by atoms with van der Waals surface area (Å²) in [5, 5.41) is 27.0. The van der Waals surface area contributed by atoms with Crippen LogP contribution in [0.15, 0.2) is 42.7 Å². The number of rotatable bonds is 3. The number of hydrogen-bond acceptors (Lipinski definition) is 6. The van der Waals surface area contributed by atoms with Crippen molar-refractivity contribution in [3.05, 3.63) is 48.3 Å². The van der Waals surface area contributed by atoms with Gasteiger partial charge in [-0.15, -0.1) is 10.2 Å². The average molecular weight is 453 g/mol. The van der Waals surface area contributed by atoms with Crippen molar-refractivity contribution in [2.75, 3.05) is 11.4 Å². The topological polar surface area (TPSA) is 79.1 Å². The largest absolute Gasteiger partial charge is 0.507 e. The number of aromatic hydroxyl groups is 1. The molecule has 0 aliphatic carbocycles. The molecule has 6 rings (SSSR count). The summed E-state index contributed by atoms with van der Waals surface area (Å²) in [4.78, 5) is 2.21. The SMILES string of the molecule is Oc1cc(-n2cccn2)ccc1-c1cc2c(nn1)N([C@@H]1CC3CC(F)(F)C(C1)N3)CCCC2. The molecule has 1 aromatic carbocycles. The van der Waals surface area contributed by atoms with Gasteiger partial charge in [-0.2, -0.15) is 5.10 Å². The van der Waals surface area contributed by atoms with Gasteiger partial charge in [-0.05, 0) is 61.9 Å². The number of hydrogen-bond donors (Lipinski definition) is 2. The molecule has 0 spiro atoms. The Morgan fingerprint density at radius 2 is 2.03 bits per heavy atom. The van der Waals surface area contributed by atoms with Crippen LogP contribution < -0.4 is 10.2 Å². The van der Waals surface area contributed by atoms with Crippen molar-refractivity contribution in [2.45, 2.75) is 62.6 Å². The first kappa shape index (κ1) is 20.5. The van der Waals surface area contributed by atoms with Gasteiger partial charge in [-0.25, -0.2) is 13.5 Å². The number of fused-ring (bicyclic) bond motifs is 3. The molecule has 3 aliphatic rings. The molecule has 2 bridgehead atoms. The molecular formula is C24H26F2N6O. The van der Waals surface area contributed by atoms with Crippen molar-refractivity contribution in [2.24, 2.45) is 0 Å². The standard InChI is InChI=1S/C24H26F2N6O/c25-24(26)14-16-11-18(13-22(24)28-16)31-8-2-1-4-15-10-20(29-30-23(15)31)19-6-5-17(12-21(19)33)32-9-3-7-27-32/h3,5-7,9-10,12,16,18,22,28,33H,1-2,4,8,11,13-14H2/t16?,18-,22?/m1/s1. The smallest absolute Gasteiger partial charge is 0.264 e. The fourth-order valence-corrected chi connectivity index (χ4v) is 5.62. The summed E-state index contributed by atoms with van der Waals surface area (Å²) < 4.78 is 30.2. The third-order valence-electron chi connectivity index (χ3n) is 7.21. The van der Waals surface area contributed by atoms with E-state index >= 15 is 0 Å². The van der Waals surface area contributed by atoms with Crippen LogP contribution in [0.1, 0.15) is 37.7 Å². The van der Waals surface area contributed by atoms with E-state index in [0.29, 0.717) is 24.1 Å². The Morgan fingerprint density at radius 3 is 2.82 bits per heavy atom. The molecule has 2 fully saturated rings. The summed E-state index contributed by atoms with van der Waals surface area (Å²) in [5.41, 5.74) is 3.03. The molecule has 0 saturated carbocycles. The second kappa shape index (κ2) is 7.76. The van der Waals surface area contributed by atoms with Gasteiger partial charge >= 0.3 is 0 Å². The molecule has 9 heteroatoms. The Kier molecular flexibility index (Phi) is 4.83. The highest BCUT2D eigenvalue weighted by Gasteiger charge is 2.53. The van der Waals surface area contributed by atoms with E-state index in [-0.39, 0.29) is 24.3 Å². The van der Waals surface area contributed by atoms with Gasteiger partial charge in [0, 0.05) is 49.1 Å². The fraction of sp³-hybridized carbons (Fsp3) is 0.458. The van der Waals surface area contributed by atoms with Crippen LogP contribution in [-0.4, -0.2) is 55.7 Å². The maximum absolute atomic E-state index is 14.3. The number of nitrogens with one attached hydrogen (secondary N) is 1. The summed E-state index contributed by atoms with van der Waals surface area (Å²) in [7, 11) is 0. The number of nitrogens with zero attached hydrogens (tertiary/aromatic N) is 5. The summed E-state index contributed by atoms with van der Waals surface area (Å²) in [6.07, 6.45) is 7.39. The van der Waals surface area contributed by atoms with E-state index in [2.05, 4.69) is 25.5 Å². The molecule has 2 saturated heterocycles. The molecule has 172 valence electrons. The minimum atomic E-state index is -2.64. The predicted octanol–water partition coefficient (Wildman–Crippen LogP) is 3.71. The summed E-state index contributed by atoms with van der Waals surface area (Å²) in [5.74, 6) is -1.72. The summed E-state index contributed by atoms with van der Waals surface area (Å²) in [6, 6.07) is 8.31. The van der Waals surface area contributed by atoms with Crippen LogP contribution in [0, 0.1) is 0 Å². The zero-order valence-corrected chi connectivity index (χ0v) is 18.2. The Balaban J connectivity index is 1.30. The highest BCUT2D eigenvalue weighted by atomic mass is 19.3. The van der Waals surface area contributed by atoms with Crippen molar-refractivity contribution in [1.82, 2.24) is 25.3 Å². The lowest BCUT2D eigenvalue weighted by Gasteiger charge is -2.38. The quantitative estimate of drug-likeness (QED) is 0.631. The lowest BCUT2D eigenvalue weighted by Crippen LogP contribution is -2.51. The zero-order valence-electron chi connectivity index (χ0n) is 18.2. The van der Waals surface area contributed by atoms with Crippen LogP contribution in [0.2, 0.25) is 0 Å². The second-order valence-corrected chi connectivity index (χ2v) is 9.39. The highest BCUT2D eigenvalue weighted by molar-refractivity contribution is 5.70. The molecule has 7 nitrogen and oxygen atoms in total. The Morgan fingerprint density at radius 1 is 1.12 bits per heavy atom. The molecule has 2 unspecified atom stereocenters. The maximum atomic E-state index is 14.3. The molecule has 0 amide bonds. The van der Waals surface area contributed by atoms with Crippen LogP contribution in [0.4, 0.5) is 14.6 Å². The van der Waals surface area contributed by atoms with Gasteiger partial charge in [-0.1, -0.05) is 0 Å². The molecular weight excluding hydrogens is 426 g/mol. The first-order valence-electron chi connectivity index (χ1n) is 11.6. The number of phenolic OH excluding ortho intramolecular Hbond substituents is 1. The van der Waals surface area contributed by atoms with Crippen molar-refractivity contribution < 1.29 is 13.9 Å². The maximum Gasteiger partial charge on any atom is 0.264 e. The van der Waals surface area contributed by atoms with Gasteiger partial charge < -0.3 is 15.3 Å². The molecule has 0 radical (unpaired) electrons. The van der Waals surface area contributed by atoms with Gasteiger partial charge in [0.05, 0.1) is 17.4 Å². The van der Waals surface area contributed by atoms with E-state index in [0.717, 1.165) is 42.9 Å². The normalized spacial score (nSPS) is 26.1. The molecule has 5 heterocycles. The van der Waals surface area contributed by atoms with Gasteiger partial charge in [0.2, 0.25) is 0 Å². The highest BCUT2D eigenvalue weighted by Crippen LogP contribution is 2.42. The zero-order chi connectivity index (χ0) is 22.6. The minimum Gasteiger partial charge on any atom is -0.507 e. The molecule has 33 heavy (non-hydrogen) atoms. The average Bonchev–Trinajstić information content (AvgIpc) is 3.33. The predicted molar refractivity (Wildman–Crippen MR) is 120 cm³/mol. The van der Waals surface area contributed by atoms with Crippen molar-refractivity contribution in [3.63, 3.8) is 0 Å². The summed E-state index contributed by atoms with van der Waals surface area (Å²) >= 11 is 0. The number of phenols is 1. The first-order valence-corrected chi connectivity index (χ1v) is 11.6. The second-order valence-electron chi connectivity index (χ2n) is 9.39. The molecule has 3 atom stereocenters. The third kappa shape index (κ3) is 3.64. The number of benzene rings is 1. The van der Waals surface area contributed by atoms with Gasteiger partial charge in [0.25, 0.3) is 5.92 Å². The lowest BCUT2D eigenvalue weighted by atomic mass is 9.97. The van der Waals surface area contributed by atoms with Gasteiger partial charge in [-0.3, -0.25) is 0 Å². The molecule has 2 N–H and O–H groups in total. The van der Waals surface area contributed by atoms with Gasteiger partial charge in [0.1, 0.15) is 5.75 Å². The lowest BCUT2D eigenvalue weighted by molar-refractivity contribution is -0.0129. The van der Waals surface area contributed by atoms with Crippen molar-refractivity contribution >= 4 is 5.82 Å². The molecule has 3 aliphatic heterocycles. The number of piperidine rings is 1. The number of alkyl halides is 2. The van der Waals surface area contributed by atoms with E-state index in [1.165, 1.54) is 0 Å².